The maximum atomic E-state index is 12.7. The first-order valence-electron chi connectivity index (χ1n) is 4.20. The molecule has 0 bridgehead atoms. The van der Waals surface area contributed by atoms with E-state index in [2.05, 4.69) is 4.98 Å². The largest absolute Gasteiger partial charge is 0.288 e. The number of aromatic nitrogens is 1. The third-order valence-electron chi connectivity index (χ3n) is 1.53. The van der Waals surface area contributed by atoms with Crippen LogP contribution in [0.4, 0.5) is 4.39 Å². The van der Waals surface area contributed by atoms with Crippen molar-refractivity contribution >= 4 is 34.6 Å². The highest BCUT2D eigenvalue weighted by atomic mass is 35.5. The van der Waals surface area contributed by atoms with Gasteiger partial charge < -0.3 is 0 Å². The van der Waals surface area contributed by atoms with E-state index >= 15 is 0 Å². The fourth-order valence-corrected chi connectivity index (χ4v) is 1.49. The van der Waals surface area contributed by atoms with Crippen molar-refractivity contribution in [2.24, 2.45) is 0 Å². The number of thioether (sulfide) groups is 1. The predicted molar refractivity (Wildman–Crippen MR) is 61.4 cm³/mol. The summed E-state index contributed by atoms with van der Waals surface area (Å²) in [4.78, 5) is 14.0. The first-order chi connectivity index (χ1) is 7.09. The molecule has 1 aromatic heterocycles. The van der Waals surface area contributed by atoms with Crippen molar-refractivity contribution in [1.29, 1.82) is 0 Å². The van der Waals surface area contributed by atoms with Gasteiger partial charge in [-0.25, -0.2) is 4.98 Å². The minimum atomic E-state index is -0.571. The Morgan fingerprint density at radius 1 is 1.73 bits per heavy atom. The van der Waals surface area contributed by atoms with Crippen LogP contribution < -0.4 is 0 Å². The lowest BCUT2D eigenvalue weighted by molar-refractivity contribution is -0.109. The molecule has 15 heavy (non-hydrogen) atoms. The SMILES string of the molecule is CC(=O)SCC=Cc1cc(F)ncc1Cl. The third-order valence-corrected chi connectivity index (χ3v) is 2.61. The van der Waals surface area contributed by atoms with Gasteiger partial charge in [0.2, 0.25) is 5.95 Å². The summed E-state index contributed by atoms with van der Waals surface area (Å²) >= 11 is 6.97. The van der Waals surface area contributed by atoms with Gasteiger partial charge in [-0.1, -0.05) is 35.5 Å². The molecule has 2 nitrogen and oxygen atoms in total. The van der Waals surface area contributed by atoms with Crippen LogP contribution in [-0.4, -0.2) is 15.9 Å². The molecular weight excluding hydrogens is 237 g/mol. The molecule has 0 unspecified atom stereocenters. The molecule has 0 amide bonds. The molecule has 80 valence electrons. The molecule has 0 spiro atoms. The summed E-state index contributed by atoms with van der Waals surface area (Å²) in [5, 5.41) is 0.437. The van der Waals surface area contributed by atoms with E-state index < -0.39 is 5.95 Å². The quantitative estimate of drug-likeness (QED) is 0.767. The Labute approximate surface area is 96.5 Å². The molecule has 0 aliphatic heterocycles. The molecule has 5 heteroatoms. The summed E-state index contributed by atoms with van der Waals surface area (Å²) in [5.41, 5.74) is 0.563. The number of hydrogen-bond acceptors (Lipinski definition) is 3. The molecule has 0 aromatic carbocycles. The molecule has 0 aliphatic rings. The lowest BCUT2D eigenvalue weighted by atomic mass is 10.2. The molecule has 1 rings (SSSR count). The van der Waals surface area contributed by atoms with E-state index in [1.54, 1.807) is 12.2 Å². The van der Waals surface area contributed by atoms with Crippen LogP contribution in [0.15, 0.2) is 18.3 Å². The molecular formula is C10H9ClFNOS. The number of hydrogen-bond donors (Lipinski definition) is 0. The molecule has 0 N–H and O–H groups in total. The second-order valence-electron chi connectivity index (χ2n) is 2.73. The molecule has 0 aliphatic carbocycles. The zero-order valence-electron chi connectivity index (χ0n) is 8.04. The normalized spacial score (nSPS) is 10.9. The maximum absolute atomic E-state index is 12.7. The number of halogens is 2. The standard InChI is InChI=1S/C10H9ClFNOS/c1-7(14)15-4-2-3-8-5-10(12)13-6-9(8)11/h2-3,5-6H,4H2,1H3. The average molecular weight is 246 g/mol. The Morgan fingerprint density at radius 2 is 2.47 bits per heavy atom. The molecule has 0 saturated carbocycles. The van der Waals surface area contributed by atoms with Crippen molar-refractivity contribution in [1.82, 2.24) is 4.98 Å². The fourth-order valence-electron chi connectivity index (χ4n) is 0.896. The van der Waals surface area contributed by atoms with E-state index in [0.29, 0.717) is 16.3 Å². The van der Waals surface area contributed by atoms with Crippen molar-refractivity contribution < 1.29 is 9.18 Å². The van der Waals surface area contributed by atoms with Gasteiger partial charge in [-0.15, -0.1) is 0 Å². The van der Waals surface area contributed by atoms with E-state index in [1.807, 2.05) is 0 Å². The van der Waals surface area contributed by atoms with Crippen LogP contribution in [0.1, 0.15) is 12.5 Å². The number of carbonyl (C=O) groups excluding carboxylic acids is 1. The average Bonchev–Trinajstić information content (AvgIpc) is 2.17. The van der Waals surface area contributed by atoms with E-state index in [1.165, 1.54) is 30.9 Å². The predicted octanol–water partition coefficient (Wildman–Crippen LogP) is 3.17. The van der Waals surface area contributed by atoms with Gasteiger partial charge in [-0.3, -0.25) is 4.79 Å². The molecule has 1 heterocycles. The van der Waals surface area contributed by atoms with Crippen molar-refractivity contribution in [3.05, 3.63) is 34.9 Å². The van der Waals surface area contributed by atoms with Crippen LogP contribution in [-0.2, 0) is 4.79 Å². The number of carbonyl (C=O) groups is 1. The van der Waals surface area contributed by atoms with Gasteiger partial charge >= 0.3 is 0 Å². The Hall–Kier alpha value is -0.870. The van der Waals surface area contributed by atoms with Gasteiger partial charge in [0, 0.05) is 24.9 Å². The van der Waals surface area contributed by atoms with Gasteiger partial charge in [-0.2, -0.15) is 4.39 Å². The fraction of sp³-hybridized carbons (Fsp3) is 0.200. The van der Waals surface area contributed by atoms with Gasteiger partial charge in [0.25, 0.3) is 0 Å². The monoisotopic (exact) mass is 245 g/mol. The van der Waals surface area contributed by atoms with Gasteiger partial charge in [0.15, 0.2) is 5.12 Å². The highest BCUT2D eigenvalue weighted by molar-refractivity contribution is 8.13. The van der Waals surface area contributed by atoms with E-state index in [9.17, 15) is 9.18 Å². The van der Waals surface area contributed by atoms with Crippen molar-refractivity contribution in [3.8, 4) is 0 Å². The molecule has 0 saturated heterocycles. The summed E-state index contributed by atoms with van der Waals surface area (Å²) in [6.45, 7) is 1.50. The summed E-state index contributed by atoms with van der Waals surface area (Å²) in [7, 11) is 0. The molecule has 0 fully saturated rings. The Morgan fingerprint density at radius 3 is 3.13 bits per heavy atom. The van der Waals surface area contributed by atoms with Gasteiger partial charge in [-0.05, 0) is 5.56 Å². The van der Waals surface area contributed by atoms with Gasteiger partial charge in [0.1, 0.15) is 0 Å². The summed E-state index contributed by atoms with van der Waals surface area (Å²) in [5.74, 6) is -0.0199. The maximum Gasteiger partial charge on any atom is 0.213 e. The smallest absolute Gasteiger partial charge is 0.213 e. The van der Waals surface area contributed by atoms with Gasteiger partial charge in [0.05, 0.1) is 5.02 Å². The van der Waals surface area contributed by atoms with Crippen LogP contribution >= 0.6 is 23.4 Å². The lowest BCUT2D eigenvalue weighted by Crippen LogP contribution is -1.85. The van der Waals surface area contributed by atoms with Crippen LogP contribution in [0.25, 0.3) is 6.08 Å². The highest BCUT2D eigenvalue weighted by Crippen LogP contribution is 2.17. The lowest BCUT2D eigenvalue weighted by Gasteiger charge is -1.96. The van der Waals surface area contributed by atoms with E-state index in [4.69, 9.17) is 11.6 Å². The minimum Gasteiger partial charge on any atom is -0.288 e. The second kappa shape index (κ2) is 5.88. The number of pyridine rings is 1. The first kappa shape index (κ1) is 12.2. The van der Waals surface area contributed by atoms with Crippen LogP contribution in [0, 0.1) is 5.95 Å². The first-order valence-corrected chi connectivity index (χ1v) is 5.57. The molecule has 0 atom stereocenters. The summed E-state index contributed by atoms with van der Waals surface area (Å²) < 4.78 is 12.7. The Balaban J connectivity index is 2.63. The van der Waals surface area contributed by atoms with Crippen LogP contribution in [0.2, 0.25) is 5.02 Å². The Kier molecular flexibility index (Phi) is 4.78. The van der Waals surface area contributed by atoms with Crippen molar-refractivity contribution in [2.45, 2.75) is 6.92 Å². The van der Waals surface area contributed by atoms with Crippen LogP contribution in [0.5, 0.6) is 0 Å². The number of rotatable bonds is 3. The van der Waals surface area contributed by atoms with Crippen LogP contribution in [0.3, 0.4) is 0 Å². The van der Waals surface area contributed by atoms with E-state index in [0.717, 1.165) is 0 Å². The summed E-state index contributed by atoms with van der Waals surface area (Å²) in [6, 6.07) is 1.25. The van der Waals surface area contributed by atoms with Crippen molar-refractivity contribution in [2.75, 3.05) is 5.75 Å². The zero-order valence-corrected chi connectivity index (χ0v) is 9.61. The minimum absolute atomic E-state index is 0.0478. The third kappa shape index (κ3) is 4.44. The molecule has 0 radical (unpaired) electrons. The number of nitrogens with zero attached hydrogens (tertiary/aromatic N) is 1. The van der Waals surface area contributed by atoms with E-state index in [-0.39, 0.29) is 5.12 Å². The summed E-state index contributed by atoms with van der Waals surface area (Å²) in [6.07, 6.45) is 4.68. The second-order valence-corrected chi connectivity index (χ2v) is 4.34. The zero-order chi connectivity index (χ0) is 11.3. The highest BCUT2D eigenvalue weighted by Gasteiger charge is 1.99. The topological polar surface area (TPSA) is 30.0 Å². The Bertz CT molecular complexity index is 395. The van der Waals surface area contributed by atoms with Crippen molar-refractivity contribution in [3.63, 3.8) is 0 Å². The molecule has 1 aromatic rings.